The van der Waals surface area contributed by atoms with Crippen molar-refractivity contribution in [1.29, 1.82) is 0 Å². The molecule has 0 spiro atoms. The highest BCUT2D eigenvalue weighted by Gasteiger charge is 2.50. The number of hydrogen-bond acceptors (Lipinski definition) is 7. The van der Waals surface area contributed by atoms with E-state index in [9.17, 15) is 22.8 Å². The minimum Gasteiger partial charge on any atom is -0.379 e. The van der Waals surface area contributed by atoms with Gasteiger partial charge in [0.2, 0.25) is 15.9 Å². The fourth-order valence-corrected chi connectivity index (χ4v) is 6.29. The van der Waals surface area contributed by atoms with E-state index in [1.807, 2.05) is 0 Å². The molecule has 3 heterocycles. The third-order valence-electron chi connectivity index (χ3n) is 5.65. The Balaban J connectivity index is 1.49. The molecule has 2 aliphatic heterocycles. The molecule has 4 amide bonds. The zero-order chi connectivity index (χ0) is 23.8. The monoisotopic (exact) mass is 492 g/mol. The fraction of sp³-hybridized carbons (Fsp3) is 0.381. The summed E-state index contributed by atoms with van der Waals surface area (Å²) < 4.78 is 32.7. The Morgan fingerprint density at radius 3 is 2.64 bits per heavy atom. The molecule has 1 aromatic heterocycles. The van der Waals surface area contributed by atoms with Crippen LogP contribution in [0, 0.1) is 6.92 Å². The first-order valence-corrected chi connectivity index (χ1v) is 12.6. The number of thiophene rings is 1. The van der Waals surface area contributed by atoms with Crippen LogP contribution in [0.25, 0.3) is 0 Å². The van der Waals surface area contributed by atoms with Gasteiger partial charge in [-0.25, -0.2) is 13.2 Å². The van der Waals surface area contributed by atoms with Crippen LogP contribution in [-0.4, -0.2) is 68.3 Å². The number of carbonyl (C=O) groups is 3. The number of carbonyl (C=O) groups excluding carboxylic acids is 3. The lowest BCUT2D eigenvalue weighted by Crippen LogP contribution is -2.41. The molecule has 1 unspecified atom stereocenters. The van der Waals surface area contributed by atoms with Gasteiger partial charge in [0.1, 0.15) is 6.54 Å². The first kappa shape index (κ1) is 23.4. The van der Waals surface area contributed by atoms with Gasteiger partial charge in [-0.2, -0.15) is 4.31 Å². The van der Waals surface area contributed by atoms with E-state index in [1.54, 1.807) is 43.5 Å². The topological polar surface area (TPSA) is 125 Å². The molecule has 1 atom stereocenters. The minimum absolute atomic E-state index is 0.0856. The maximum absolute atomic E-state index is 13.0. The van der Waals surface area contributed by atoms with Gasteiger partial charge in [0, 0.05) is 23.7 Å². The standard InChI is InChI=1S/C21H24N4O6S2/c1-14-5-6-15(12-16(14)33(29,30)24-7-9-31-10-8-24)22-18(26)13-25-19(27)21(2,23-20(25)28)17-4-3-11-32-17/h3-6,11-12H,7-10,13H2,1-2H3,(H,22,26)(H,23,28). The normalized spacial score (nSPS) is 21.8. The van der Waals surface area contributed by atoms with Gasteiger partial charge in [-0.15, -0.1) is 11.3 Å². The van der Waals surface area contributed by atoms with Gasteiger partial charge in [-0.1, -0.05) is 12.1 Å². The number of anilines is 1. The van der Waals surface area contributed by atoms with Crippen molar-refractivity contribution < 1.29 is 27.5 Å². The highest BCUT2D eigenvalue weighted by atomic mass is 32.2. The van der Waals surface area contributed by atoms with Gasteiger partial charge in [0.05, 0.1) is 18.1 Å². The summed E-state index contributed by atoms with van der Waals surface area (Å²) in [6.07, 6.45) is 0. The van der Waals surface area contributed by atoms with E-state index >= 15 is 0 Å². The molecule has 2 fully saturated rings. The molecule has 2 saturated heterocycles. The summed E-state index contributed by atoms with van der Waals surface area (Å²) in [5.41, 5.74) is -0.430. The summed E-state index contributed by atoms with van der Waals surface area (Å²) >= 11 is 1.33. The Labute approximate surface area is 195 Å². The Bertz CT molecular complexity index is 1190. The number of nitrogens with zero attached hydrogens (tertiary/aromatic N) is 2. The lowest BCUT2D eigenvalue weighted by molar-refractivity contribution is -0.133. The van der Waals surface area contributed by atoms with Crippen LogP contribution >= 0.6 is 11.3 Å². The number of nitrogens with one attached hydrogen (secondary N) is 2. The first-order valence-electron chi connectivity index (χ1n) is 10.3. The third kappa shape index (κ3) is 4.38. The number of benzene rings is 1. The SMILES string of the molecule is Cc1ccc(NC(=O)CN2C(=O)NC(C)(c3cccs3)C2=O)cc1S(=O)(=O)N1CCOCC1. The van der Waals surface area contributed by atoms with Gasteiger partial charge in [0.15, 0.2) is 5.54 Å². The van der Waals surface area contributed by atoms with E-state index in [-0.39, 0.29) is 23.7 Å². The van der Waals surface area contributed by atoms with Crippen LogP contribution in [0.15, 0.2) is 40.6 Å². The quantitative estimate of drug-likeness (QED) is 0.589. The van der Waals surface area contributed by atoms with E-state index < -0.39 is 40.0 Å². The fourth-order valence-electron chi connectivity index (χ4n) is 3.80. The van der Waals surface area contributed by atoms with Crippen molar-refractivity contribution in [3.05, 3.63) is 46.2 Å². The number of urea groups is 1. The predicted molar refractivity (Wildman–Crippen MR) is 121 cm³/mol. The number of aryl methyl sites for hydroxylation is 1. The molecule has 2 N–H and O–H groups in total. The molecule has 0 bridgehead atoms. The molecule has 2 aromatic rings. The largest absolute Gasteiger partial charge is 0.379 e. The molecule has 0 saturated carbocycles. The summed E-state index contributed by atoms with van der Waals surface area (Å²) in [6.45, 7) is 3.94. The molecule has 1 aromatic carbocycles. The molecule has 2 aliphatic rings. The Morgan fingerprint density at radius 1 is 1.24 bits per heavy atom. The van der Waals surface area contributed by atoms with Crippen molar-refractivity contribution in [2.24, 2.45) is 0 Å². The van der Waals surface area contributed by atoms with Crippen LogP contribution < -0.4 is 10.6 Å². The zero-order valence-corrected chi connectivity index (χ0v) is 19.8. The highest BCUT2D eigenvalue weighted by molar-refractivity contribution is 7.89. The summed E-state index contributed by atoms with van der Waals surface area (Å²) in [5.74, 6) is -1.14. The minimum atomic E-state index is -3.76. The van der Waals surface area contributed by atoms with E-state index in [0.29, 0.717) is 23.7 Å². The van der Waals surface area contributed by atoms with Gasteiger partial charge in [0.25, 0.3) is 5.91 Å². The van der Waals surface area contributed by atoms with Crippen molar-refractivity contribution >= 4 is 44.9 Å². The molecule has 10 nitrogen and oxygen atoms in total. The Morgan fingerprint density at radius 2 is 1.97 bits per heavy atom. The van der Waals surface area contributed by atoms with Gasteiger partial charge < -0.3 is 15.4 Å². The lowest BCUT2D eigenvalue weighted by atomic mass is 10.0. The van der Waals surface area contributed by atoms with Crippen LogP contribution in [0.4, 0.5) is 10.5 Å². The maximum Gasteiger partial charge on any atom is 0.325 e. The number of hydrogen-bond donors (Lipinski definition) is 2. The van der Waals surface area contributed by atoms with Crippen molar-refractivity contribution in [3.8, 4) is 0 Å². The molecule has 176 valence electrons. The second kappa shape index (κ2) is 8.86. The number of morpholine rings is 1. The molecular weight excluding hydrogens is 468 g/mol. The smallest absolute Gasteiger partial charge is 0.325 e. The number of rotatable bonds is 6. The van der Waals surface area contributed by atoms with E-state index in [2.05, 4.69) is 10.6 Å². The van der Waals surface area contributed by atoms with Crippen LogP contribution in [0.2, 0.25) is 0 Å². The number of amides is 4. The number of ether oxygens (including phenoxy) is 1. The molecule has 4 rings (SSSR count). The lowest BCUT2D eigenvalue weighted by Gasteiger charge is -2.27. The van der Waals surface area contributed by atoms with Crippen molar-refractivity contribution in [1.82, 2.24) is 14.5 Å². The Hall–Kier alpha value is -2.80. The molecule has 0 radical (unpaired) electrons. The maximum atomic E-state index is 13.0. The average molecular weight is 493 g/mol. The second-order valence-corrected chi connectivity index (χ2v) is 10.8. The predicted octanol–water partition coefficient (Wildman–Crippen LogP) is 1.48. The highest BCUT2D eigenvalue weighted by Crippen LogP contribution is 2.32. The van der Waals surface area contributed by atoms with E-state index in [4.69, 9.17) is 4.74 Å². The Kier molecular flexibility index (Phi) is 6.27. The van der Waals surface area contributed by atoms with Gasteiger partial charge >= 0.3 is 6.03 Å². The summed E-state index contributed by atoms with van der Waals surface area (Å²) in [5, 5.41) is 7.05. The van der Waals surface area contributed by atoms with E-state index in [1.165, 1.54) is 21.7 Å². The molecule has 33 heavy (non-hydrogen) atoms. The molecule has 12 heteroatoms. The van der Waals surface area contributed by atoms with Crippen LogP contribution in [0.5, 0.6) is 0 Å². The summed E-state index contributed by atoms with van der Waals surface area (Å²) in [7, 11) is -3.76. The number of imide groups is 1. The van der Waals surface area contributed by atoms with Crippen molar-refractivity contribution in [3.63, 3.8) is 0 Å². The summed E-state index contributed by atoms with van der Waals surface area (Å²) in [4.78, 5) is 39.6. The van der Waals surface area contributed by atoms with Crippen LogP contribution in [0.3, 0.4) is 0 Å². The summed E-state index contributed by atoms with van der Waals surface area (Å²) in [6, 6.07) is 7.43. The zero-order valence-electron chi connectivity index (χ0n) is 18.2. The molecule has 0 aliphatic carbocycles. The number of sulfonamides is 1. The van der Waals surface area contributed by atoms with E-state index in [0.717, 1.165) is 4.90 Å². The van der Waals surface area contributed by atoms with Crippen molar-refractivity contribution in [2.75, 3.05) is 38.2 Å². The third-order valence-corrected chi connectivity index (χ3v) is 8.78. The van der Waals surface area contributed by atoms with Gasteiger partial charge in [-0.3, -0.25) is 14.5 Å². The second-order valence-electron chi connectivity index (χ2n) is 7.97. The van der Waals surface area contributed by atoms with Crippen molar-refractivity contribution in [2.45, 2.75) is 24.3 Å². The molecular formula is C21H24N4O6S2. The average Bonchev–Trinajstić information content (AvgIpc) is 3.40. The van der Waals surface area contributed by atoms with Crippen LogP contribution in [-0.2, 0) is 29.9 Å². The van der Waals surface area contributed by atoms with Gasteiger partial charge in [-0.05, 0) is 43.0 Å². The first-order chi connectivity index (χ1) is 15.6. The van der Waals surface area contributed by atoms with Crippen LogP contribution in [0.1, 0.15) is 17.4 Å².